The van der Waals surface area contributed by atoms with Crippen molar-refractivity contribution in [1.29, 1.82) is 0 Å². The van der Waals surface area contributed by atoms with Crippen LogP contribution in [0.4, 0.5) is 0 Å². The minimum absolute atomic E-state index is 0.292. The molecule has 4 rings (SSSR count). The summed E-state index contributed by atoms with van der Waals surface area (Å²) in [6.07, 6.45) is 14.3. The highest BCUT2D eigenvalue weighted by molar-refractivity contribution is 7.80. The van der Waals surface area contributed by atoms with Crippen molar-refractivity contribution < 1.29 is 4.79 Å². The van der Waals surface area contributed by atoms with Crippen molar-refractivity contribution in [1.82, 2.24) is 0 Å². The maximum atomic E-state index is 12.2. The van der Waals surface area contributed by atoms with E-state index < -0.39 is 0 Å². The van der Waals surface area contributed by atoms with E-state index in [0.29, 0.717) is 22.5 Å². The zero-order valence-corrected chi connectivity index (χ0v) is 15.7. The number of hydrogen-bond acceptors (Lipinski definition) is 2. The summed E-state index contributed by atoms with van der Waals surface area (Å²) in [5.41, 5.74) is 2.45. The van der Waals surface area contributed by atoms with Crippen LogP contribution in [-0.2, 0) is 4.79 Å². The van der Waals surface area contributed by atoms with Gasteiger partial charge in [-0.1, -0.05) is 18.6 Å². The summed E-state index contributed by atoms with van der Waals surface area (Å²) in [5, 5.41) is 0. The summed E-state index contributed by atoms with van der Waals surface area (Å²) in [6.45, 7) is 4.29. The number of hydrogen-bond donors (Lipinski definition) is 1. The zero-order valence-electron chi connectivity index (χ0n) is 14.8. The summed E-state index contributed by atoms with van der Waals surface area (Å²) in [6, 6.07) is 0. The van der Waals surface area contributed by atoms with E-state index >= 15 is 0 Å². The van der Waals surface area contributed by atoms with Crippen LogP contribution >= 0.6 is 12.6 Å². The van der Waals surface area contributed by atoms with Crippen LogP contribution in [0.5, 0.6) is 0 Å². The molecular formula is C21H32OS. The van der Waals surface area contributed by atoms with E-state index in [4.69, 9.17) is 12.6 Å². The number of carbonyl (C=O) groups excluding carboxylic acids is 1. The van der Waals surface area contributed by atoms with E-state index in [1.807, 2.05) is 6.92 Å². The van der Waals surface area contributed by atoms with Crippen molar-refractivity contribution in [2.45, 2.75) is 71.6 Å². The fourth-order valence-corrected chi connectivity index (χ4v) is 8.09. The van der Waals surface area contributed by atoms with Gasteiger partial charge in [-0.05, 0) is 93.6 Å². The van der Waals surface area contributed by atoms with E-state index in [-0.39, 0.29) is 0 Å². The van der Waals surface area contributed by atoms with E-state index in [1.165, 1.54) is 51.4 Å². The first-order valence-corrected chi connectivity index (χ1v) is 10.5. The Morgan fingerprint density at radius 3 is 2.78 bits per heavy atom. The monoisotopic (exact) mass is 332 g/mol. The minimum Gasteiger partial charge on any atom is -0.300 e. The predicted octanol–water partition coefficient (Wildman–Crippen LogP) is 5.45. The largest absolute Gasteiger partial charge is 0.300 e. The lowest BCUT2D eigenvalue weighted by atomic mass is 9.46. The maximum absolute atomic E-state index is 12.2. The van der Waals surface area contributed by atoms with Crippen LogP contribution in [0.2, 0.25) is 0 Å². The Morgan fingerprint density at radius 2 is 2.04 bits per heavy atom. The van der Waals surface area contributed by atoms with Gasteiger partial charge in [0.15, 0.2) is 0 Å². The topological polar surface area (TPSA) is 17.1 Å². The number of ketones is 1. The first-order chi connectivity index (χ1) is 11.0. The fraction of sp³-hybridized carbons (Fsp3) is 0.857. The van der Waals surface area contributed by atoms with Crippen molar-refractivity contribution in [3.05, 3.63) is 11.6 Å². The minimum atomic E-state index is 0.292. The van der Waals surface area contributed by atoms with Gasteiger partial charge in [-0.15, -0.1) is 0 Å². The van der Waals surface area contributed by atoms with Crippen molar-refractivity contribution in [3.63, 3.8) is 0 Å². The third kappa shape index (κ3) is 2.16. The normalized spacial score (nSPS) is 48.9. The van der Waals surface area contributed by atoms with Gasteiger partial charge in [-0.25, -0.2) is 0 Å². The highest BCUT2D eigenvalue weighted by Crippen LogP contribution is 2.67. The second-order valence-electron chi connectivity index (χ2n) is 9.14. The Kier molecular flexibility index (Phi) is 3.99. The smallest absolute Gasteiger partial charge is 0.133 e. The molecule has 0 aromatic heterocycles. The van der Waals surface area contributed by atoms with Crippen LogP contribution in [-0.4, -0.2) is 11.5 Å². The molecule has 4 aliphatic rings. The lowest BCUT2D eigenvalue weighted by Crippen LogP contribution is -2.52. The molecular weight excluding hydrogens is 300 g/mol. The Morgan fingerprint density at radius 1 is 1.22 bits per heavy atom. The van der Waals surface area contributed by atoms with Crippen LogP contribution < -0.4 is 0 Å². The molecule has 1 nitrogen and oxygen atoms in total. The molecule has 0 unspecified atom stereocenters. The van der Waals surface area contributed by atoms with Crippen molar-refractivity contribution in [2.75, 3.05) is 5.75 Å². The van der Waals surface area contributed by atoms with Crippen LogP contribution in [0.25, 0.3) is 0 Å². The van der Waals surface area contributed by atoms with Crippen molar-refractivity contribution in [2.24, 2.45) is 34.5 Å². The number of rotatable bonds is 2. The second-order valence-corrected chi connectivity index (χ2v) is 9.45. The van der Waals surface area contributed by atoms with Gasteiger partial charge in [-0.3, -0.25) is 4.79 Å². The Labute approximate surface area is 147 Å². The average molecular weight is 333 g/mol. The molecule has 3 saturated carbocycles. The number of carbonyl (C=O) groups is 1. The molecule has 2 heteroatoms. The molecule has 0 aromatic rings. The van der Waals surface area contributed by atoms with E-state index in [1.54, 1.807) is 5.57 Å². The van der Waals surface area contributed by atoms with Crippen molar-refractivity contribution >= 4 is 18.4 Å². The van der Waals surface area contributed by atoms with Gasteiger partial charge < -0.3 is 0 Å². The Balaban J connectivity index is 1.68. The fourth-order valence-electron chi connectivity index (χ4n) is 7.50. The standard InChI is InChI=1S/C21H32OS/c1-14(22)17-8-9-18-16-7-6-15-5-3-4-11-21(15,13-23)19(16)10-12-20(17,18)2/h5,16-19,23H,3-4,6-13H2,1-2H3/t16-,17+,18-,19-,20+,21+/m0/s1. The molecule has 0 saturated heterocycles. The number of Topliss-reactive ketones (excluding diaryl/α,β-unsaturated/α-hetero) is 1. The molecule has 4 aliphatic carbocycles. The van der Waals surface area contributed by atoms with E-state index in [0.717, 1.165) is 29.9 Å². The van der Waals surface area contributed by atoms with Gasteiger partial charge in [0.1, 0.15) is 5.78 Å². The molecule has 6 atom stereocenters. The van der Waals surface area contributed by atoms with Crippen molar-refractivity contribution in [3.8, 4) is 0 Å². The molecule has 0 spiro atoms. The Hall–Kier alpha value is -0.240. The van der Waals surface area contributed by atoms with Gasteiger partial charge >= 0.3 is 0 Å². The molecule has 0 heterocycles. The molecule has 0 aliphatic heterocycles. The van der Waals surface area contributed by atoms with E-state index in [9.17, 15) is 4.79 Å². The highest BCUT2D eigenvalue weighted by atomic mass is 32.1. The third-order valence-corrected chi connectivity index (χ3v) is 9.09. The lowest BCUT2D eigenvalue weighted by Gasteiger charge is -2.59. The number of thiol groups is 1. The SMILES string of the molecule is CC(=O)[C@H]1CC[C@H]2[C@@H]3CCC4=CCCC[C@]4(CS)[C@H]3CC[C@]12C. The number of allylic oxidation sites excluding steroid dienone is 2. The summed E-state index contributed by atoms with van der Waals surface area (Å²) < 4.78 is 0. The van der Waals surface area contributed by atoms with Crippen LogP contribution in [0.3, 0.4) is 0 Å². The molecule has 0 radical (unpaired) electrons. The van der Waals surface area contributed by atoms with Crippen LogP contribution in [0.1, 0.15) is 71.6 Å². The molecule has 23 heavy (non-hydrogen) atoms. The first kappa shape index (κ1) is 16.2. The third-order valence-electron chi connectivity index (χ3n) is 8.52. The molecule has 3 fully saturated rings. The molecule has 0 bridgehead atoms. The average Bonchev–Trinajstić information content (AvgIpc) is 2.91. The summed E-state index contributed by atoms with van der Waals surface area (Å²) in [7, 11) is 0. The molecule has 0 amide bonds. The Bertz CT molecular complexity index is 538. The maximum Gasteiger partial charge on any atom is 0.133 e. The quantitative estimate of drug-likeness (QED) is 0.525. The number of fused-ring (bicyclic) bond motifs is 5. The van der Waals surface area contributed by atoms with Gasteiger partial charge in [0, 0.05) is 11.3 Å². The second kappa shape index (κ2) is 5.64. The van der Waals surface area contributed by atoms with E-state index in [2.05, 4.69) is 13.0 Å². The van der Waals surface area contributed by atoms with Gasteiger partial charge in [0.05, 0.1) is 0 Å². The molecule has 128 valence electrons. The highest BCUT2D eigenvalue weighted by Gasteiger charge is 2.60. The van der Waals surface area contributed by atoms with Crippen LogP contribution in [0.15, 0.2) is 11.6 Å². The van der Waals surface area contributed by atoms with Gasteiger partial charge in [0.2, 0.25) is 0 Å². The molecule has 0 aromatic carbocycles. The lowest BCUT2D eigenvalue weighted by molar-refractivity contribution is -0.127. The van der Waals surface area contributed by atoms with Crippen LogP contribution in [0, 0.1) is 34.5 Å². The zero-order chi connectivity index (χ0) is 16.2. The molecule has 0 N–H and O–H groups in total. The summed E-state index contributed by atoms with van der Waals surface area (Å²) in [4.78, 5) is 12.2. The first-order valence-electron chi connectivity index (χ1n) is 9.84. The summed E-state index contributed by atoms with van der Waals surface area (Å²) in [5.74, 6) is 4.30. The van der Waals surface area contributed by atoms with Gasteiger partial charge in [-0.2, -0.15) is 12.6 Å². The summed E-state index contributed by atoms with van der Waals surface area (Å²) >= 11 is 4.87. The van der Waals surface area contributed by atoms with Gasteiger partial charge in [0.25, 0.3) is 0 Å². The predicted molar refractivity (Wildman–Crippen MR) is 98.7 cm³/mol.